The topological polar surface area (TPSA) is 118 Å². The van der Waals surface area contributed by atoms with E-state index in [4.69, 9.17) is 4.74 Å². The van der Waals surface area contributed by atoms with Gasteiger partial charge in [-0.3, -0.25) is 14.9 Å². The normalized spacial score (nSPS) is 16.5. The Bertz CT molecular complexity index is 1360. The molecule has 3 heterocycles. The van der Waals surface area contributed by atoms with E-state index in [1.165, 1.54) is 27.8 Å². The highest BCUT2D eigenvalue weighted by Crippen LogP contribution is 2.31. The van der Waals surface area contributed by atoms with Gasteiger partial charge in [-0.05, 0) is 42.3 Å². The molecule has 0 radical (unpaired) electrons. The smallest absolute Gasteiger partial charge is 0.257 e. The summed E-state index contributed by atoms with van der Waals surface area (Å²) in [7, 11) is -3.70. The van der Waals surface area contributed by atoms with Gasteiger partial charge in [-0.2, -0.15) is 4.31 Å². The highest BCUT2D eigenvalue weighted by atomic mass is 32.2. The number of ether oxygens (including phenoxy) is 1. The molecule has 1 fully saturated rings. The molecule has 11 heteroatoms. The number of anilines is 2. The summed E-state index contributed by atoms with van der Waals surface area (Å²) in [5, 5.41) is 7.87. The van der Waals surface area contributed by atoms with E-state index >= 15 is 0 Å². The molecule has 0 bridgehead atoms. The van der Waals surface area contributed by atoms with Crippen molar-refractivity contribution >= 4 is 44.0 Å². The number of thiazole rings is 1. The Morgan fingerprint density at radius 1 is 1.12 bits per heavy atom. The number of fused-ring (bicyclic) bond motifs is 1. The second-order valence-electron chi connectivity index (χ2n) is 7.96. The minimum atomic E-state index is -3.70. The Kier molecular flexibility index (Phi) is 6.17. The number of benzene rings is 2. The van der Waals surface area contributed by atoms with Gasteiger partial charge in [0, 0.05) is 41.7 Å². The van der Waals surface area contributed by atoms with Gasteiger partial charge >= 0.3 is 0 Å². The van der Waals surface area contributed by atoms with Crippen molar-refractivity contribution in [2.75, 3.05) is 36.9 Å². The molecule has 9 nitrogen and oxygen atoms in total. The van der Waals surface area contributed by atoms with E-state index in [1.54, 1.807) is 12.1 Å². The molecule has 2 N–H and O–H groups in total. The summed E-state index contributed by atoms with van der Waals surface area (Å²) in [6.45, 7) is 1.28. The second-order valence-corrected chi connectivity index (χ2v) is 10.8. The Labute approximate surface area is 200 Å². The van der Waals surface area contributed by atoms with Crippen molar-refractivity contribution in [2.45, 2.75) is 17.7 Å². The van der Waals surface area contributed by atoms with Gasteiger partial charge in [0.25, 0.3) is 5.91 Å². The Hall–Kier alpha value is -3.12. The third-order valence-corrected chi connectivity index (χ3v) is 8.38. The fourth-order valence-corrected chi connectivity index (χ4v) is 6.08. The van der Waals surface area contributed by atoms with Crippen molar-refractivity contribution in [3.8, 4) is 11.3 Å². The van der Waals surface area contributed by atoms with E-state index in [2.05, 4.69) is 15.6 Å². The lowest BCUT2D eigenvalue weighted by molar-refractivity contribution is -0.116. The van der Waals surface area contributed by atoms with Crippen LogP contribution in [0.15, 0.2) is 52.7 Å². The fourth-order valence-electron chi connectivity index (χ4n) is 3.91. The van der Waals surface area contributed by atoms with Gasteiger partial charge in [0.2, 0.25) is 15.9 Å². The Morgan fingerprint density at radius 2 is 1.94 bits per heavy atom. The minimum absolute atomic E-state index is 0.0146. The van der Waals surface area contributed by atoms with Crippen LogP contribution in [0.3, 0.4) is 0 Å². The van der Waals surface area contributed by atoms with E-state index in [1.807, 2.05) is 23.6 Å². The molecule has 2 amide bonds. The van der Waals surface area contributed by atoms with Crippen LogP contribution >= 0.6 is 11.3 Å². The summed E-state index contributed by atoms with van der Waals surface area (Å²) in [6, 6.07) is 11.7. The summed E-state index contributed by atoms with van der Waals surface area (Å²) in [5.41, 5.74) is 3.70. The molecule has 34 heavy (non-hydrogen) atoms. The highest BCUT2D eigenvalue weighted by Gasteiger charge is 2.27. The summed E-state index contributed by atoms with van der Waals surface area (Å²) in [4.78, 5) is 29.0. The highest BCUT2D eigenvalue weighted by molar-refractivity contribution is 7.89. The number of rotatable bonds is 5. The van der Waals surface area contributed by atoms with Gasteiger partial charge in [0.1, 0.15) is 0 Å². The molecule has 2 aliphatic rings. The van der Waals surface area contributed by atoms with Crippen LogP contribution in [-0.2, 0) is 26.0 Å². The first-order valence-electron chi connectivity index (χ1n) is 10.8. The molecular weight excluding hydrogens is 476 g/mol. The van der Waals surface area contributed by atoms with Gasteiger partial charge in [0.05, 0.1) is 23.8 Å². The molecule has 1 saturated heterocycles. The first-order valence-corrected chi connectivity index (χ1v) is 13.1. The molecular formula is C23H22N4O5S2. The summed E-state index contributed by atoms with van der Waals surface area (Å²) in [5.74, 6) is -0.422. The molecule has 5 rings (SSSR count). The summed E-state index contributed by atoms with van der Waals surface area (Å²) >= 11 is 1.28. The third-order valence-electron chi connectivity index (χ3n) is 5.73. The number of sulfonamides is 1. The molecule has 0 atom stereocenters. The quantitative estimate of drug-likeness (QED) is 0.559. The van der Waals surface area contributed by atoms with Crippen LogP contribution in [0.2, 0.25) is 0 Å². The standard InChI is InChI=1S/C23H22N4O5S2/c28-21-7-5-15-12-16(4-6-19(15)24-21)20-14-33-23(25-20)26-22(29)17-2-1-3-18(13-17)34(30,31)27-8-10-32-11-9-27/h1-4,6,12-14H,5,7-11H2,(H,24,28)(H,25,26,29). The first-order chi connectivity index (χ1) is 16.4. The van der Waals surface area contributed by atoms with Gasteiger partial charge in [-0.1, -0.05) is 12.1 Å². The van der Waals surface area contributed by atoms with Crippen LogP contribution < -0.4 is 10.6 Å². The number of amides is 2. The minimum Gasteiger partial charge on any atom is -0.379 e. The van der Waals surface area contributed by atoms with E-state index in [0.29, 0.717) is 36.9 Å². The zero-order chi connectivity index (χ0) is 23.7. The zero-order valence-electron chi connectivity index (χ0n) is 18.1. The maximum atomic E-state index is 12.9. The van der Waals surface area contributed by atoms with E-state index in [-0.39, 0.29) is 29.5 Å². The van der Waals surface area contributed by atoms with Crippen LogP contribution in [0.5, 0.6) is 0 Å². The van der Waals surface area contributed by atoms with Crippen LogP contribution in [0.25, 0.3) is 11.3 Å². The molecule has 1 aromatic heterocycles. The number of carbonyl (C=O) groups is 2. The predicted octanol–water partition coefficient (Wildman–Crippen LogP) is 2.97. The number of nitrogens with zero attached hydrogens (tertiary/aromatic N) is 2. The molecule has 3 aromatic rings. The van der Waals surface area contributed by atoms with Gasteiger partial charge < -0.3 is 10.1 Å². The number of hydrogen-bond acceptors (Lipinski definition) is 7. The average Bonchev–Trinajstić information content (AvgIpc) is 3.32. The lowest BCUT2D eigenvalue weighted by Crippen LogP contribution is -2.40. The van der Waals surface area contributed by atoms with Crippen molar-refractivity contribution in [2.24, 2.45) is 0 Å². The number of morpholine rings is 1. The van der Waals surface area contributed by atoms with Crippen molar-refractivity contribution in [1.29, 1.82) is 0 Å². The molecule has 2 aliphatic heterocycles. The van der Waals surface area contributed by atoms with Crippen LogP contribution in [0, 0.1) is 0 Å². The zero-order valence-corrected chi connectivity index (χ0v) is 19.7. The number of aryl methyl sites for hydroxylation is 1. The number of nitrogens with one attached hydrogen (secondary N) is 2. The largest absolute Gasteiger partial charge is 0.379 e. The predicted molar refractivity (Wildman–Crippen MR) is 128 cm³/mol. The molecule has 0 unspecified atom stereocenters. The fraction of sp³-hybridized carbons (Fsp3) is 0.261. The van der Waals surface area contributed by atoms with Gasteiger partial charge in [-0.25, -0.2) is 13.4 Å². The van der Waals surface area contributed by atoms with Crippen LogP contribution in [-0.4, -0.2) is 55.8 Å². The molecule has 176 valence electrons. The van der Waals surface area contributed by atoms with E-state index < -0.39 is 15.9 Å². The molecule has 2 aromatic carbocycles. The van der Waals surface area contributed by atoms with Crippen molar-refractivity contribution in [1.82, 2.24) is 9.29 Å². The molecule has 0 saturated carbocycles. The molecule has 0 spiro atoms. The van der Waals surface area contributed by atoms with Crippen LogP contribution in [0.1, 0.15) is 22.3 Å². The third kappa shape index (κ3) is 4.60. The molecule has 0 aliphatic carbocycles. The first kappa shape index (κ1) is 22.7. The van der Waals surface area contributed by atoms with Crippen molar-refractivity contribution < 1.29 is 22.7 Å². The maximum Gasteiger partial charge on any atom is 0.257 e. The summed E-state index contributed by atoms with van der Waals surface area (Å²) in [6.07, 6.45) is 1.13. The number of hydrogen-bond donors (Lipinski definition) is 2. The lowest BCUT2D eigenvalue weighted by atomic mass is 9.99. The van der Waals surface area contributed by atoms with Crippen LogP contribution in [0.4, 0.5) is 10.8 Å². The van der Waals surface area contributed by atoms with E-state index in [9.17, 15) is 18.0 Å². The van der Waals surface area contributed by atoms with Crippen molar-refractivity contribution in [3.63, 3.8) is 0 Å². The number of carbonyl (C=O) groups excluding carboxylic acids is 2. The summed E-state index contributed by atoms with van der Waals surface area (Å²) < 4.78 is 32.4. The van der Waals surface area contributed by atoms with Gasteiger partial charge in [-0.15, -0.1) is 11.3 Å². The number of aromatic nitrogens is 1. The van der Waals surface area contributed by atoms with E-state index in [0.717, 1.165) is 16.8 Å². The Balaban J connectivity index is 1.31. The average molecular weight is 499 g/mol. The maximum absolute atomic E-state index is 12.9. The Morgan fingerprint density at radius 3 is 2.76 bits per heavy atom. The lowest BCUT2D eigenvalue weighted by Gasteiger charge is -2.26. The SMILES string of the molecule is O=C1CCc2cc(-c3csc(NC(=O)c4cccc(S(=O)(=O)N5CCOCC5)c4)n3)ccc2N1. The monoisotopic (exact) mass is 498 g/mol. The van der Waals surface area contributed by atoms with Crippen molar-refractivity contribution in [3.05, 3.63) is 59.0 Å². The van der Waals surface area contributed by atoms with Gasteiger partial charge in [0.15, 0.2) is 5.13 Å². The second kappa shape index (κ2) is 9.26.